The van der Waals surface area contributed by atoms with Crippen molar-refractivity contribution in [2.45, 2.75) is 33.2 Å². The minimum Gasteiger partial charge on any atom is -0.484 e. The molecular formula is C20H24N4O2. The van der Waals surface area contributed by atoms with Crippen LogP contribution in [0.3, 0.4) is 0 Å². The van der Waals surface area contributed by atoms with Crippen molar-refractivity contribution in [1.82, 2.24) is 20.1 Å². The Morgan fingerprint density at radius 2 is 1.92 bits per heavy atom. The third-order valence-corrected chi connectivity index (χ3v) is 3.85. The second kappa shape index (κ2) is 6.78. The van der Waals surface area contributed by atoms with Crippen LogP contribution in [-0.4, -0.2) is 32.8 Å². The van der Waals surface area contributed by atoms with E-state index >= 15 is 0 Å². The van der Waals surface area contributed by atoms with Crippen LogP contribution in [0.25, 0.3) is 22.3 Å². The number of nitrogens with zero attached hydrogens (tertiary/aromatic N) is 3. The number of aryl methyl sites for hydroxylation is 2. The Hall–Kier alpha value is -2.89. The molecule has 6 heteroatoms. The van der Waals surface area contributed by atoms with Crippen LogP contribution in [0.4, 0.5) is 0 Å². The molecular weight excluding hydrogens is 328 g/mol. The number of amides is 1. The van der Waals surface area contributed by atoms with Crippen molar-refractivity contribution >= 4 is 16.9 Å². The van der Waals surface area contributed by atoms with Crippen LogP contribution in [0.2, 0.25) is 0 Å². The van der Waals surface area contributed by atoms with Gasteiger partial charge in [0.15, 0.2) is 12.3 Å². The first-order valence-electron chi connectivity index (χ1n) is 8.56. The van der Waals surface area contributed by atoms with E-state index in [9.17, 15) is 4.79 Å². The Morgan fingerprint density at radius 1 is 1.23 bits per heavy atom. The average molecular weight is 352 g/mol. The highest BCUT2D eigenvalue weighted by Gasteiger charge is 2.14. The first kappa shape index (κ1) is 17.9. The lowest BCUT2D eigenvalue weighted by atomic mass is 10.1. The summed E-state index contributed by atoms with van der Waals surface area (Å²) >= 11 is 0. The van der Waals surface area contributed by atoms with E-state index in [-0.39, 0.29) is 18.1 Å². The van der Waals surface area contributed by atoms with Gasteiger partial charge < -0.3 is 10.1 Å². The van der Waals surface area contributed by atoms with Gasteiger partial charge in [0.2, 0.25) is 0 Å². The molecule has 0 aliphatic heterocycles. The first-order chi connectivity index (χ1) is 12.2. The molecule has 0 spiro atoms. The van der Waals surface area contributed by atoms with E-state index in [2.05, 4.69) is 28.4 Å². The smallest absolute Gasteiger partial charge is 0.258 e. The minimum absolute atomic E-state index is 0.00608. The number of aromatic nitrogens is 3. The fourth-order valence-corrected chi connectivity index (χ4v) is 2.74. The fraction of sp³-hybridized carbons (Fsp3) is 0.350. The molecule has 0 aliphatic carbocycles. The summed E-state index contributed by atoms with van der Waals surface area (Å²) in [7, 11) is 1.89. The summed E-state index contributed by atoms with van der Waals surface area (Å²) in [5, 5.41) is 8.32. The summed E-state index contributed by atoms with van der Waals surface area (Å²) in [5.74, 6) is 0.507. The molecule has 0 radical (unpaired) electrons. The highest BCUT2D eigenvalue weighted by molar-refractivity contribution is 5.81. The van der Waals surface area contributed by atoms with Gasteiger partial charge in [-0.3, -0.25) is 9.48 Å². The van der Waals surface area contributed by atoms with E-state index < -0.39 is 0 Å². The van der Waals surface area contributed by atoms with Gasteiger partial charge in [0, 0.05) is 29.7 Å². The van der Waals surface area contributed by atoms with Crippen LogP contribution >= 0.6 is 0 Å². The minimum atomic E-state index is -0.266. The van der Waals surface area contributed by atoms with Gasteiger partial charge in [-0.15, -0.1) is 0 Å². The topological polar surface area (TPSA) is 69.0 Å². The Labute approximate surface area is 153 Å². The second-order valence-electron chi connectivity index (χ2n) is 7.48. The van der Waals surface area contributed by atoms with Crippen molar-refractivity contribution < 1.29 is 9.53 Å². The maximum atomic E-state index is 11.8. The molecule has 2 heterocycles. The zero-order valence-electron chi connectivity index (χ0n) is 15.8. The van der Waals surface area contributed by atoms with E-state index in [0.29, 0.717) is 5.75 Å². The maximum absolute atomic E-state index is 11.8. The summed E-state index contributed by atoms with van der Waals surface area (Å²) in [6, 6.07) is 9.62. The largest absolute Gasteiger partial charge is 0.484 e. The molecule has 26 heavy (non-hydrogen) atoms. The van der Waals surface area contributed by atoms with Crippen LogP contribution in [0.1, 0.15) is 26.3 Å². The number of fused-ring (bicyclic) bond motifs is 1. The molecule has 1 aromatic carbocycles. The molecule has 0 atom stereocenters. The molecule has 3 aromatic rings. The summed E-state index contributed by atoms with van der Waals surface area (Å²) in [5.41, 5.74) is 3.45. The molecule has 1 N–H and O–H groups in total. The van der Waals surface area contributed by atoms with Crippen molar-refractivity contribution in [3.05, 3.63) is 42.1 Å². The Balaban J connectivity index is 1.72. The monoisotopic (exact) mass is 352 g/mol. The fourth-order valence-electron chi connectivity index (χ4n) is 2.74. The van der Waals surface area contributed by atoms with Crippen molar-refractivity contribution in [2.75, 3.05) is 6.61 Å². The SMILES string of the molecule is Cc1cc(-c2ccc(OCC(=O)NC(C)(C)C)cc2)nc2nn(C)cc12. The highest BCUT2D eigenvalue weighted by atomic mass is 16.5. The number of carbonyl (C=O) groups is 1. The zero-order valence-corrected chi connectivity index (χ0v) is 15.8. The number of benzene rings is 1. The molecule has 0 saturated heterocycles. The molecule has 136 valence electrons. The zero-order chi connectivity index (χ0) is 18.9. The molecule has 1 amide bonds. The summed E-state index contributed by atoms with van der Waals surface area (Å²) in [6.07, 6.45) is 1.97. The number of hydrogen-bond acceptors (Lipinski definition) is 4. The van der Waals surface area contributed by atoms with Crippen molar-refractivity contribution in [2.24, 2.45) is 7.05 Å². The van der Waals surface area contributed by atoms with Crippen molar-refractivity contribution in [3.8, 4) is 17.0 Å². The lowest BCUT2D eigenvalue weighted by molar-refractivity contribution is -0.124. The molecule has 0 fully saturated rings. The van der Waals surface area contributed by atoms with Crippen LogP contribution in [0, 0.1) is 6.92 Å². The lowest BCUT2D eigenvalue weighted by Gasteiger charge is -2.20. The summed E-state index contributed by atoms with van der Waals surface area (Å²) in [4.78, 5) is 16.5. The third kappa shape index (κ3) is 4.20. The van der Waals surface area contributed by atoms with Crippen LogP contribution in [0.5, 0.6) is 5.75 Å². The van der Waals surface area contributed by atoms with E-state index in [1.54, 1.807) is 4.68 Å². The maximum Gasteiger partial charge on any atom is 0.258 e. The average Bonchev–Trinajstić information content (AvgIpc) is 2.93. The number of rotatable bonds is 4. The van der Waals surface area contributed by atoms with Crippen LogP contribution in [-0.2, 0) is 11.8 Å². The predicted molar refractivity (Wildman–Crippen MR) is 102 cm³/mol. The van der Waals surface area contributed by atoms with E-state index in [1.807, 2.05) is 58.3 Å². The number of pyridine rings is 1. The summed E-state index contributed by atoms with van der Waals surface area (Å²) < 4.78 is 7.33. The van der Waals surface area contributed by atoms with E-state index in [0.717, 1.165) is 27.9 Å². The Morgan fingerprint density at radius 3 is 2.58 bits per heavy atom. The van der Waals surface area contributed by atoms with Gasteiger partial charge in [0.25, 0.3) is 5.91 Å². The van der Waals surface area contributed by atoms with Crippen molar-refractivity contribution in [3.63, 3.8) is 0 Å². The van der Waals surface area contributed by atoms with Gasteiger partial charge in [-0.05, 0) is 63.6 Å². The van der Waals surface area contributed by atoms with E-state index in [4.69, 9.17) is 4.74 Å². The third-order valence-electron chi connectivity index (χ3n) is 3.85. The Bertz CT molecular complexity index is 937. The normalized spacial score (nSPS) is 11.6. The van der Waals surface area contributed by atoms with Crippen molar-refractivity contribution in [1.29, 1.82) is 0 Å². The van der Waals surface area contributed by atoms with Gasteiger partial charge in [-0.1, -0.05) is 0 Å². The van der Waals surface area contributed by atoms with Crippen LogP contribution < -0.4 is 10.1 Å². The predicted octanol–water partition coefficient (Wildman–Crippen LogP) is 3.24. The Kier molecular flexibility index (Phi) is 4.68. The van der Waals surface area contributed by atoms with Gasteiger partial charge in [0.05, 0.1) is 5.69 Å². The summed E-state index contributed by atoms with van der Waals surface area (Å²) in [6.45, 7) is 7.86. The van der Waals surface area contributed by atoms with Gasteiger partial charge in [-0.25, -0.2) is 4.98 Å². The number of hydrogen-bond donors (Lipinski definition) is 1. The van der Waals surface area contributed by atoms with Gasteiger partial charge >= 0.3 is 0 Å². The van der Waals surface area contributed by atoms with Crippen LogP contribution in [0.15, 0.2) is 36.5 Å². The molecule has 0 saturated carbocycles. The molecule has 3 rings (SSSR count). The number of nitrogens with one attached hydrogen (secondary N) is 1. The van der Waals surface area contributed by atoms with Gasteiger partial charge in [0.1, 0.15) is 5.75 Å². The lowest BCUT2D eigenvalue weighted by Crippen LogP contribution is -2.43. The number of carbonyl (C=O) groups excluding carboxylic acids is 1. The first-order valence-corrected chi connectivity index (χ1v) is 8.56. The molecule has 2 aromatic heterocycles. The highest BCUT2D eigenvalue weighted by Crippen LogP contribution is 2.25. The molecule has 0 bridgehead atoms. The second-order valence-corrected chi connectivity index (χ2v) is 7.48. The number of ether oxygens (including phenoxy) is 1. The van der Waals surface area contributed by atoms with E-state index in [1.165, 1.54) is 0 Å². The van der Waals surface area contributed by atoms with Gasteiger partial charge in [-0.2, -0.15) is 5.10 Å². The standard InChI is InChI=1S/C20H24N4O2/c1-13-10-17(21-19-16(13)11-24(5)23-19)14-6-8-15(9-7-14)26-12-18(25)22-20(2,3)4/h6-11H,12H2,1-5H3,(H,22,25). The molecule has 0 unspecified atom stereocenters. The molecule has 6 nitrogen and oxygen atoms in total. The quantitative estimate of drug-likeness (QED) is 0.783. The molecule has 0 aliphatic rings.